The Hall–Kier alpha value is -3.26. The molecule has 1 fully saturated rings. The number of halogens is 2. The predicted molar refractivity (Wildman–Crippen MR) is 112 cm³/mol. The Labute approximate surface area is 177 Å². The third kappa shape index (κ3) is 3.91. The quantitative estimate of drug-likeness (QED) is 0.642. The van der Waals surface area contributed by atoms with Gasteiger partial charge in [0.25, 0.3) is 5.91 Å². The first-order valence-electron chi connectivity index (χ1n) is 9.46. The molecule has 1 aliphatic heterocycles. The maximum absolute atomic E-state index is 14.2. The number of nitrogens with zero attached hydrogens (tertiary/aromatic N) is 5. The lowest BCUT2D eigenvalue weighted by Crippen LogP contribution is -2.50. The van der Waals surface area contributed by atoms with Crippen LogP contribution in [0.1, 0.15) is 16.2 Å². The highest BCUT2D eigenvalue weighted by molar-refractivity contribution is 6.30. The fourth-order valence-corrected chi connectivity index (χ4v) is 3.52. The van der Waals surface area contributed by atoms with Gasteiger partial charge in [-0.3, -0.25) is 9.59 Å². The number of carbonyl (C=O) groups excluding carboxylic acids is 1. The van der Waals surface area contributed by atoms with E-state index < -0.39 is 17.2 Å². The van der Waals surface area contributed by atoms with Crippen LogP contribution in [0, 0.1) is 12.7 Å². The summed E-state index contributed by atoms with van der Waals surface area (Å²) >= 11 is 5.88. The molecule has 0 atom stereocenters. The molecule has 3 heterocycles. The van der Waals surface area contributed by atoms with Crippen molar-refractivity contribution in [1.82, 2.24) is 19.7 Å². The predicted octanol–water partition coefficient (Wildman–Crippen LogP) is 2.69. The van der Waals surface area contributed by atoms with Gasteiger partial charge in [-0.15, -0.1) is 0 Å². The fourth-order valence-electron chi connectivity index (χ4n) is 3.41. The number of carbonyl (C=O) groups is 1. The lowest BCUT2D eigenvalue weighted by atomic mass is 10.2. The van der Waals surface area contributed by atoms with Gasteiger partial charge in [-0.2, -0.15) is 5.10 Å². The van der Waals surface area contributed by atoms with Crippen molar-refractivity contribution in [2.45, 2.75) is 6.92 Å². The van der Waals surface area contributed by atoms with E-state index in [4.69, 9.17) is 11.6 Å². The van der Waals surface area contributed by atoms with E-state index in [0.717, 1.165) is 5.82 Å². The van der Waals surface area contributed by atoms with E-state index in [0.29, 0.717) is 36.9 Å². The number of pyridine rings is 1. The minimum Gasteiger partial charge on any atom is -0.353 e. The molecule has 0 saturated carbocycles. The lowest BCUT2D eigenvalue weighted by Gasteiger charge is -2.35. The van der Waals surface area contributed by atoms with Crippen LogP contribution in [-0.2, 0) is 0 Å². The Morgan fingerprint density at radius 1 is 1.10 bits per heavy atom. The van der Waals surface area contributed by atoms with E-state index in [9.17, 15) is 14.0 Å². The molecule has 7 nitrogen and oxygen atoms in total. The molecule has 30 heavy (non-hydrogen) atoms. The van der Waals surface area contributed by atoms with Gasteiger partial charge in [-0.05, 0) is 31.2 Å². The summed E-state index contributed by atoms with van der Waals surface area (Å²) in [5.74, 6) is -0.171. The van der Waals surface area contributed by atoms with Crippen molar-refractivity contribution in [2.75, 3.05) is 31.1 Å². The number of aryl methyl sites for hydroxylation is 1. The van der Waals surface area contributed by atoms with E-state index in [-0.39, 0.29) is 11.4 Å². The number of aromatic nitrogens is 3. The molecule has 0 N–H and O–H groups in total. The van der Waals surface area contributed by atoms with Crippen LogP contribution in [0.5, 0.6) is 0 Å². The molecule has 2 aromatic heterocycles. The molecule has 3 aromatic rings. The van der Waals surface area contributed by atoms with Gasteiger partial charge in [0, 0.05) is 44.1 Å². The molecular formula is C21H19ClFN5O2. The van der Waals surface area contributed by atoms with E-state index >= 15 is 0 Å². The minimum absolute atomic E-state index is 0.183. The first-order valence-corrected chi connectivity index (χ1v) is 9.83. The Balaban J connectivity index is 1.55. The van der Waals surface area contributed by atoms with Gasteiger partial charge < -0.3 is 9.80 Å². The number of amides is 1. The van der Waals surface area contributed by atoms with Crippen molar-refractivity contribution in [3.05, 3.63) is 81.1 Å². The first-order chi connectivity index (χ1) is 14.4. The second-order valence-corrected chi connectivity index (χ2v) is 7.41. The molecule has 154 valence electrons. The van der Waals surface area contributed by atoms with Crippen LogP contribution < -0.4 is 10.3 Å². The Kier molecular flexibility index (Phi) is 5.50. The summed E-state index contributed by atoms with van der Waals surface area (Å²) in [5, 5.41) is 4.76. The average molecular weight is 428 g/mol. The Morgan fingerprint density at radius 3 is 2.50 bits per heavy atom. The maximum Gasteiger partial charge on any atom is 0.278 e. The summed E-state index contributed by atoms with van der Waals surface area (Å²) < 4.78 is 15.5. The van der Waals surface area contributed by atoms with Crippen LogP contribution in [0.2, 0.25) is 5.02 Å². The van der Waals surface area contributed by atoms with Crippen LogP contribution in [0.25, 0.3) is 5.69 Å². The highest BCUT2D eigenvalue weighted by atomic mass is 35.5. The second-order valence-electron chi connectivity index (χ2n) is 6.98. The molecule has 0 radical (unpaired) electrons. The molecular weight excluding hydrogens is 409 g/mol. The van der Waals surface area contributed by atoms with E-state index in [1.807, 2.05) is 11.0 Å². The molecule has 1 aromatic carbocycles. The van der Waals surface area contributed by atoms with Gasteiger partial charge in [0.05, 0.1) is 5.02 Å². The zero-order valence-electron chi connectivity index (χ0n) is 16.3. The van der Waals surface area contributed by atoms with Crippen molar-refractivity contribution in [1.29, 1.82) is 0 Å². The van der Waals surface area contributed by atoms with Crippen LogP contribution in [0.4, 0.5) is 10.2 Å². The number of hydrogen-bond donors (Lipinski definition) is 0. The van der Waals surface area contributed by atoms with Crippen LogP contribution in [0.15, 0.2) is 53.5 Å². The molecule has 0 spiro atoms. The van der Waals surface area contributed by atoms with Crippen molar-refractivity contribution in [3.8, 4) is 5.69 Å². The molecule has 1 amide bonds. The number of piperazine rings is 1. The van der Waals surface area contributed by atoms with Crippen molar-refractivity contribution >= 4 is 23.3 Å². The molecule has 0 unspecified atom stereocenters. The standard InChI is InChI=1S/C21H19ClFN5O2/c1-14-12-18(29)20(25-28(14)17-5-3-2-4-16(17)23)21(30)27-10-8-26(9-11-27)19-7-6-15(22)13-24-19/h2-7,12-13H,8-11H2,1H3. The number of para-hydroxylation sites is 1. The van der Waals surface area contributed by atoms with Gasteiger partial charge in [0.1, 0.15) is 17.3 Å². The minimum atomic E-state index is -0.487. The normalized spacial score (nSPS) is 14.1. The number of benzene rings is 1. The lowest BCUT2D eigenvalue weighted by molar-refractivity contribution is 0.0737. The topological polar surface area (TPSA) is 71.3 Å². The van der Waals surface area contributed by atoms with Gasteiger partial charge in [0.15, 0.2) is 5.69 Å². The fraction of sp³-hybridized carbons (Fsp3) is 0.238. The highest BCUT2D eigenvalue weighted by Crippen LogP contribution is 2.17. The highest BCUT2D eigenvalue weighted by Gasteiger charge is 2.26. The molecule has 1 saturated heterocycles. The first kappa shape index (κ1) is 20.0. The molecule has 4 rings (SSSR count). The number of anilines is 1. The SMILES string of the molecule is Cc1cc(=O)c(C(=O)N2CCN(c3ccc(Cl)cn3)CC2)nn1-c1ccccc1F. The van der Waals surface area contributed by atoms with Gasteiger partial charge in [-0.1, -0.05) is 23.7 Å². The average Bonchev–Trinajstić information content (AvgIpc) is 2.75. The van der Waals surface area contributed by atoms with Crippen LogP contribution in [-0.4, -0.2) is 51.8 Å². The van der Waals surface area contributed by atoms with Crippen molar-refractivity contribution < 1.29 is 9.18 Å². The van der Waals surface area contributed by atoms with Crippen LogP contribution >= 0.6 is 11.6 Å². The maximum atomic E-state index is 14.2. The summed E-state index contributed by atoms with van der Waals surface area (Å²) in [6.45, 7) is 3.60. The van der Waals surface area contributed by atoms with Crippen molar-refractivity contribution in [3.63, 3.8) is 0 Å². The van der Waals surface area contributed by atoms with Crippen LogP contribution in [0.3, 0.4) is 0 Å². The van der Waals surface area contributed by atoms with E-state index in [1.165, 1.54) is 16.8 Å². The number of rotatable bonds is 3. The van der Waals surface area contributed by atoms with Gasteiger partial charge in [0.2, 0.25) is 5.43 Å². The third-order valence-corrected chi connectivity index (χ3v) is 5.22. The van der Waals surface area contributed by atoms with Gasteiger partial charge in [-0.25, -0.2) is 14.1 Å². The second kappa shape index (κ2) is 8.23. The number of hydrogen-bond acceptors (Lipinski definition) is 5. The monoisotopic (exact) mass is 427 g/mol. The third-order valence-electron chi connectivity index (χ3n) is 4.99. The summed E-state index contributed by atoms with van der Waals surface area (Å²) in [6.07, 6.45) is 1.58. The van der Waals surface area contributed by atoms with E-state index in [2.05, 4.69) is 10.1 Å². The molecule has 1 aliphatic rings. The van der Waals surface area contributed by atoms with Gasteiger partial charge >= 0.3 is 0 Å². The Morgan fingerprint density at radius 2 is 1.83 bits per heavy atom. The van der Waals surface area contributed by atoms with Crippen molar-refractivity contribution in [2.24, 2.45) is 0 Å². The summed E-state index contributed by atoms with van der Waals surface area (Å²) in [5.41, 5.74) is -0.0724. The van der Waals surface area contributed by atoms with E-state index in [1.54, 1.807) is 42.3 Å². The molecule has 0 bridgehead atoms. The smallest absolute Gasteiger partial charge is 0.278 e. The zero-order valence-corrected chi connectivity index (χ0v) is 17.0. The molecule has 9 heteroatoms. The summed E-state index contributed by atoms with van der Waals surface area (Å²) in [7, 11) is 0. The zero-order chi connectivity index (χ0) is 21.3. The summed E-state index contributed by atoms with van der Waals surface area (Å²) in [6, 6.07) is 11.0. The molecule has 0 aliphatic carbocycles. The largest absolute Gasteiger partial charge is 0.353 e. The Bertz CT molecular complexity index is 1140. The summed E-state index contributed by atoms with van der Waals surface area (Å²) in [4.78, 5) is 33.4.